The van der Waals surface area contributed by atoms with Crippen LogP contribution in [0.4, 0.5) is 5.69 Å². The highest BCUT2D eigenvalue weighted by Gasteiger charge is 2.25. The second-order valence-electron chi connectivity index (χ2n) is 6.90. The third-order valence-electron chi connectivity index (χ3n) is 4.70. The van der Waals surface area contributed by atoms with Crippen LogP contribution in [0.3, 0.4) is 0 Å². The van der Waals surface area contributed by atoms with Crippen molar-refractivity contribution >= 4 is 61.6 Å². The van der Waals surface area contributed by atoms with Gasteiger partial charge >= 0.3 is 0 Å². The van der Waals surface area contributed by atoms with Crippen molar-refractivity contribution < 1.29 is 14.3 Å². The number of thiophene rings is 1. The molecule has 4 heterocycles. The fourth-order valence-corrected chi connectivity index (χ4v) is 4.53. The van der Waals surface area contributed by atoms with E-state index in [2.05, 4.69) is 30.6 Å². The van der Waals surface area contributed by atoms with E-state index in [-0.39, 0.29) is 34.6 Å². The van der Waals surface area contributed by atoms with E-state index in [9.17, 15) is 9.59 Å². The monoisotopic (exact) mass is 455 g/mol. The van der Waals surface area contributed by atoms with Crippen LogP contribution in [0.25, 0.3) is 21.1 Å². The normalized spacial score (nSPS) is 15.8. The van der Waals surface area contributed by atoms with E-state index in [0.717, 1.165) is 15.8 Å². The van der Waals surface area contributed by atoms with Crippen LogP contribution < -0.4 is 21.1 Å². The zero-order valence-corrected chi connectivity index (χ0v) is 17.5. The van der Waals surface area contributed by atoms with Gasteiger partial charge in [0.25, 0.3) is 11.8 Å². The average molecular weight is 456 g/mol. The number of hydrogen-bond donors (Lipinski definition) is 3. The maximum atomic E-state index is 12.5. The highest BCUT2D eigenvalue weighted by molar-refractivity contribution is 7.21. The molecule has 2 amide bonds. The second kappa shape index (κ2) is 7.29. The highest BCUT2D eigenvalue weighted by Crippen LogP contribution is 2.40. The SMILES string of the molecule is C[C@@H]1CNc2c(sc3ccc4nc(Oc5nc(Cl)ncc5C(N)=O)cnc4c23)C(=O)N1. The summed E-state index contributed by atoms with van der Waals surface area (Å²) >= 11 is 7.20. The first-order chi connectivity index (χ1) is 14.9. The van der Waals surface area contributed by atoms with Crippen molar-refractivity contribution in [3.05, 3.63) is 40.3 Å². The number of carbonyl (C=O) groups is 2. The molecule has 0 aliphatic carbocycles. The molecule has 0 unspecified atom stereocenters. The lowest BCUT2D eigenvalue weighted by Crippen LogP contribution is -2.34. The summed E-state index contributed by atoms with van der Waals surface area (Å²) < 4.78 is 6.54. The smallest absolute Gasteiger partial charge is 0.263 e. The molecule has 31 heavy (non-hydrogen) atoms. The lowest BCUT2D eigenvalue weighted by molar-refractivity contribution is 0.0948. The van der Waals surface area contributed by atoms with Crippen molar-refractivity contribution in [2.45, 2.75) is 13.0 Å². The zero-order chi connectivity index (χ0) is 21.7. The Balaban J connectivity index is 1.61. The van der Waals surface area contributed by atoms with E-state index in [1.165, 1.54) is 23.7 Å². The van der Waals surface area contributed by atoms with Crippen LogP contribution in [-0.4, -0.2) is 44.3 Å². The number of hydrogen-bond acceptors (Lipinski definition) is 9. The molecule has 0 saturated carbocycles. The molecule has 10 nitrogen and oxygen atoms in total. The van der Waals surface area contributed by atoms with E-state index >= 15 is 0 Å². The quantitative estimate of drug-likeness (QED) is 0.400. The number of anilines is 1. The predicted molar refractivity (Wildman–Crippen MR) is 116 cm³/mol. The molecule has 0 spiro atoms. The molecule has 0 fully saturated rings. The van der Waals surface area contributed by atoms with E-state index in [0.29, 0.717) is 22.5 Å². The Hall–Kier alpha value is -3.57. The number of nitrogens with one attached hydrogen (secondary N) is 2. The molecule has 12 heteroatoms. The maximum absolute atomic E-state index is 12.5. The minimum Gasteiger partial charge on any atom is -0.418 e. The number of benzene rings is 1. The molecule has 3 aromatic heterocycles. The van der Waals surface area contributed by atoms with Crippen LogP contribution in [0.5, 0.6) is 11.8 Å². The largest absolute Gasteiger partial charge is 0.418 e. The highest BCUT2D eigenvalue weighted by atomic mass is 35.5. The summed E-state index contributed by atoms with van der Waals surface area (Å²) in [7, 11) is 0. The molecule has 1 aliphatic heterocycles. The van der Waals surface area contributed by atoms with Gasteiger partial charge in [0.15, 0.2) is 0 Å². The van der Waals surface area contributed by atoms with Crippen molar-refractivity contribution in [3.63, 3.8) is 0 Å². The minimum absolute atomic E-state index is 0.00218. The summed E-state index contributed by atoms with van der Waals surface area (Å²) in [4.78, 5) is 41.4. The van der Waals surface area contributed by atoms with Crippen molar-refractivity contribution in [2.75, 3.05) is 11.9 Å². The van der Waals surface area contributed by atoms with Crippen molar-refractivity contribution in [1.82, 2.24) is 25.3 Å². The second-order valence-corrected chi connectivity index (χ2v) is 8.29. The van der Waals surface area contributed by atoms with Crippen LogP contribution in [0.1, 0.15) is 27.0 Å². The molecule has 1 atom stereocenters. The fourth-order valence-electron chi connectivity index (χ4n) is 3.32. The number of nitrogens with two attached hydrogens (primary N) is 1. The van der Waals surface area contributed by atoms with E-state index < -0.39 is 5.91 Å². The summed E-state index contributed by atoms with van der Waals surface area (Å²) in [6, 6.07) is 3.67. The average Bonchev–Trinajstić information content (AvgIpc) is 3.04. The van der Waals surface area contributed by atoms with Gasteiger partial charge < -0.3 is 21.1 Å². The molecule has 0 radical (unpaired) electrons. The van der Waals surface area contributed by atoms with Crippen LogP contribution >= 0.6 is 22.9 Å². The van der Waals surface area contributed by atoms with Crippen molar-refractivity contribution in [2.24, 2.45) is 5.73 Å². The van der Waals surface area contributed by atoms with Crippen LogP contribution in [0, 0.1) is 0 Å². The van der Waals surface area contributed by atoms with Gasteiger partial charge in [-0.2, -0.15) is 4.98 Å². The zero-order valence-electron chi connectivity index (χ0n) is 16.0. The summed E-state index contributed by atoms with van der Waals surface area (Å²) in [5.74, 6) is -0.889. The van der Waals surface area contributed by atoms with Crippen LogP contribution in [0.15, 0.2) is 24.5 Å². The first kappa shape index (κ1) is 19.4. The van der Waals surface area contributed by atoms with Gasteiger partial charge in [-0.15, -0.1) is 11.3 Å². The number of fused-ring (bicyclic) bond motifs is 5. The fraction of sp³-hybridized carbons (Fsp3) is 0.158. The predicted octanol–water partition coefficient (Wildman–Crippen LogP) is 2.72. The summed E-state index contributed by atoms with van der Waals surface area (Å²) in [6.45, 7) is 2.53. The number of ether oxygens (including phenoxy) is 1. The van der Waals surface area contributed by atoms with E-state index in [1.807, 2.05) is 13.0 Å². The Morgan fingerprint density at radius 3 is 2.94 bits per heavy atom. The number of halogens is 1. The van der Waals surface area contributed by atoms with E-state index in [1.54, 1.807) is 6.07 Å². The van der Waals surface area contributed by atoms with Crippen molar-refractivity contribution in [1.29, 1.82) is 0 Å². The Kier molecular flexibility index (Phi) is 4.56. The Bertz CT molecular complexity index is 1390. The molecule has 4 N–H and O–H groups in total. The third-order valence-corrected chi connectivity index (χ3v) is 6.04. The molecular weight excluding hydrogens is 442 g/mol. The summed E-state index contributed by atoms with van der Waals surface area (Å²) in [5.41, 5.74) is 7.22. The van der Waals surface area contributed by atoms with Gasteiger partial charge in [-0.3, -0.25) is 9.59 Å². The number of aromatic nitrogens is 4. The summed E-state index contributed by atoms with van der Waals surface area (Å²) in [6.07, 6.45) is 2.59. The summed E-state index contributed by atoms with van der Waals surface area (Å²) in [5, 5.41) is 7.02. The van der Waals surface area contributed by atoms with Crippen LogP contribution in [0.2, 0.25) is 5.28 Å². The van der Waals surface area contributed by atoms with Crippen molar-refractivity contribution in [3.8, 4) is 11.8 Å². The molecule has 5 rings (SSSR count). The van der Waals surface area contributed by atoms with Gasteiger partial charge in [0, 0.05) is 28.9 Å². The minimum atomic E-state index is -0.762. The van der Waals surface area contributed by atoms with Gasteiger partial charge in [0.2, 0.25) is 17.0 Å². The number of amides is 2. The Morgan fingerprint density at radius 2 is 2.13 bits per heavy atom. The first-order valence-corrected chi connectivity index (χ1v) is 10.4. The Labute approximate surface area is 183 Å². The first-order valence-electron chi connectivity index (χ1n) is 9.18. The number of nitrogens with zero attached hydrogens (tertiary/aromatic N) is 4. The topological polar surface area (TPSA) is 145 Å². The molecule has 0 bridgehead atoms. The molecule has 4 aromatic rings. The lowest BCUT2D eigenvalue weighted by atomic mass is 10.1. The molecule has 0 saturated heterocycles. The van der Waals surface area contributed by atoms with Gasteiger partial charge in [-0.05, 0) is 30.7 Å². The molecule has 156 valence electrons. The number of primary amides is 1. The molecule has 1 aromatic carbocycles. The third kappa shape index (κ3) is 3.37. The number of carbonyl (C=O) groups excluding carboxylic acids is 2. The van der Waals surface area contributed by atoms with Gasteiger partial charge in [-0.1, -0.05) is 0 Å². The van der Waals surface area contributed by atoms with Gasteiger partial charge in [0.05, 0.1) is 22.9 Å². The van der Waals surface area contributed by atoms with Gasteiger partial charge in [-0.25, -0.2) is 15.0 Å². The number of rotatable bonds is 3. The standard InChI is InChI=1S/C19H14ClN7O3S/c1-7-4-22-14-12-10(31-15(14)17(29)25-7)3-2-9-13(12)23-6-11(26-9)30-18-8(16(21)28)5-24-19(20)27-18/h2-3,5-7,22H,4H2,1H3,(H2,21,28)(H,25,29)/t7-/m1/s1. The lowest BCUT2D eigenvalue weighted by Gasteiger charge is -2.10. The maximum Gasteiger partial charge on any atom is 0.263 e. The Morgan fingerprint density at radius 1 is 1.29 bits per heavy atom. The molecule has 1 aliphatic rings. The van der Waals surface area contributed by atoms with Gasteiger partial charge in [0.1, 0.15) is 10.4 Å². The molecular formula is C19H14ClN7O3S. The van der Waals surface area contributed by atoms with E-state index in [4.69, 9.17) is 22.1 Å². The van der Waals surface area contributed by atoms with Crippen LogP contribution in [-0.2, 0) is 0 Å².